The molecule has 0 saturated heterocycles. The van der Waals surface area contributed by atoms with E-state index in [2.05, 4.69) is 76.2 Å². The number of hydrogen-bond acceptors (Lipinski definition) is 4. The van der Waals surface area contributed by atoms with E-state index in [9.17, 15) is 9.90 Å². The molecule has 4 heteroatoms. The summed E-state index contributed by atoms with van der Waals surface area (Å²) in [6.07, 6.45) is 6.86. The number of aliphatic hydroxyl groups excluding tert-OH is 1. The largest absolute Gasteiger partial charge is 0.459 e. The van der Waals surface area contributed by atoms with Gasteiger partial charge in [-0.1, -0.05) is 102 Å². The second-order valence-corrected chi connectivity index (χ2v) is 11.5. The Morgan fingerprint density at radius 3 is 1.97 bits per heavy atom. The van der Waals surface area contributed by atoms with E-state index < -0.39 is 5.60 Å². The van der Waals surface area contributed by atoms with Crippen molar-refractivity contribution in [2.45, 2.75) is 105 Å². The first-order chi connectivity index (χ1) is 17.5. The molecule has 1 saturated carbocycles. The Labute approximate surface area is 227 Å². The van der Waals surface area contributed by atoms with Crippen LogP contribution in [0.15, 0.2) is 48.5 Å². The van der Waals surface area contributed by atoms with Crippen LogP contribution in [0.4, 0.5) is 0 Å². The van der Waals surface area contributed by atoms with Crippen molar-refractivity contribution in [3.05, 3.63) is 48.5 Å². The minimum absolute atomic E-state index is 0.0495. The highest BCUT2D eigenvalue weighted by atomic mass is 16.6. The number of unbranched alkanes of at least 4 members (excludes halogenated alkanes) is 1. The molecule has 3 rings (SSSR count). The molecule has 0 heterocycles. The summed E-state index contributed by atoms with van der Waals surface area (Å²) in [6, 6.07) is 16.7. The molecular formula is C33H54O4. The lowest BCUT2D eigenvalue weighted by Crippen LogP contribution is -2.46. The van der Waals surface area contributed by atoms with Crippen LogP contribution in [0, 0.1) is 23.7 Å². The van der Waals surface area contributed by atoms with Crippen molar-refractivity contribution in [2.75, 3.05) is 13.7 Å². The quantitative estimate of drug-likeness (QED) is 0.269. The monoisotopic (exact) mass is 514 g/mol. The Hall–Kier alpha value is -1.91. The lowest BCUT2D eigenvalue weighted by atomic mass is 9.73. The van der Waals surface area contributed by atoms with E-state index >= 15 is 0 Å². The number of carbonyl (C=O) groups excluding carboxylic acids is 1. The van der Waals surface area contributed by atoms with Crippen molar-refractivity contribution in [3.63, 3.8) is 0 Å². The van der Waals surface area contributed by atoms with E-state index in [1.165, 1.54) is 23.6 Å². The van der Waals surface area contributed by atoms with Gasteiger partial charge < -0.3 is 14.6 Å². The summed E-state index contributed by atoms with van der Waals surface area (Å²) in [5, 5.41) is 12.9. The van der Waals surface area contributed by atoms with Crippen molar-refractivity contribution < 1.29 is 19.4 Å². The van der Waals surface area contributed by atoms with Crippen LogP contribution < -0.4 is 0 Å². The highest BCUT2D eigenvalue weighted by Crippen LogP contribution is 2.38. The highest BCUT2D eigenvalue weighted by Gasteiger charge is 2.41. The number of esters is 1. The minimum atomic E-state index is -0.583. The predicted molar refractivity (Wildman–Crippen MR) is 157 cm³/mol. The third-order valence-corrected chi connectivity index (χ3v) is 7.55. The summed E-state index contributed by atoms with van der Waals surface area (Å²) in [7, 11) is 1.73. The first kappa shape index (κ1) is 33.1. The van der Waals surface area contributed by atoms with Crippen molar-refractivity contribution in [2.24, 2.45) is 23.7 Å². The number of carbonyl (C=O) groups is 1. The third kappa shape index (κ3) is 12.5. The molecule has 2 aromatic carbocycles. The number of aliphatic hydroxyl groups is 1. The van der Waals surface area contributed by atoms with Gasteiger partial charge in [-0.2, -0.15) is 0 Å². The Balaban J connectivity index is 0.000000348. The molecule has 0 spiro atoms. The molecule has 0 aliphatic heterocycles. The van der Waals surface area contributed by atoms with Gasteiger partial charge in [0.05, 0.1) is 12.0 Å². The van der Waals surface area contributed by atoms with Crippen LogP contribution in [-0.2, 0) is 14.3 Å². The van der Waals surface area contributed by atoms with E-state index in [1.54, 1.807) is 7.11 Å². The van der Waals surface area contributed by atoms with Gasteiger partial charge in [-0.25, -0.2) is 0 Å². The molecule has 2 aromatic rings. The van der Waals surface area contributed by atoms with Crippen molar-refractivity contribution in [1.29, 1.82) is 0 Å². The van der Waals surface area contributed by atoms with Gasteiger partial charge in [0.2, 0.25) is 0 Å². The Kier molecular flexibility index (Phi) is 15.7. The molecular weight excluding hydrogens is 460 g/mol. The number of hydrogen-bond donors (Lipinski definition) is 1. The molecule has 1 aliphatic rings. The Morgan fingerprint density at radius 2 is 1.57 bits per heavy atom. The van der Waals surface area contributed by atoms with E-state index in [0.29, 0.717) is 11.8 Å². The van der Waals surface area contributed by atoms with E-state index in [4.69, 9.17) is 9.47 Å². The van der Waals surface area contributed by atoms with Gasteiger partial charge in [-0.15, -0.1) is 0 Å². The van der Waals surface area contributed by atoms with Gasteiger partial charge >= 0.3 is 5.97 Å². The van der Waals surface area contributed by atoms with Gasteiger partial charge in [-0.3, -0.25) is 4.79 Å². The van der Waals surface area contributed by atoms with Gasteiger partial charge in [0.15, 0.2) is 0 Å². The lowest BCUT2D eigenvalue weighted by Gasteiger charge is -2.41. The molecule has 4 nitrogen and oxygen atoms in total. The molecule has 37 heavy (non-hydrogen) atoms. The molecule has 0 bridgehead atoms. The minimum Gasteiger partial charge on any atom is -0.459 e. The molecule has 0 amide bonds. The number of methoxy groups -OCH3 is 1. The topological polar surface area (TPSA) is 55.8 Å². The molecule has 5 unspecified atom stereocenters. The average Bonchev–Trinajstić information content (AvgIpc) is 2.87. The second kappa shape index (κ2) is 17.6. The van der Waals surface area contributed by atoms with Crippen molar-refractivity contribution in [3.8, 4) is 0 Å². The molecule has 1 fully saturated rings. The van der Waals surface area contributed by atoms with Gasteiger partial charge in [0.1, 0.15) is 5.60 Å². The smallest absolute Gasteiger partial charge is 0.309 e. The Bertz CT molecular complexity index is 808. The molecule has 0 radical (unpaired) electrons. The van der Waals surface area contributed by atoms with Crippen molar-refractivity contribution in [1.82, 2.24) is 0 Å². The molecule has 1 aliphatic carbocycles. The second-order valence-electron chi connectivity index (χ2n) is 11.5. The zero-order valence-corrected chi connectivity index (χ0v) is 24.8. The van der Waals surface area contributed by atoms with Gasteiger partial charge in [0, 0.05) is 19.6 Å². The Morgan fingerprint density at radius 1 is 1.03 bits per heavy atom. The number of rotatable bonds is 9. The zero-order valence-electron chi connectivity index (χ0n) is 24.8. The number of ether oxygens (including phenoxy) is 2. The van der Waals surface area contributed by atoms with Crippen LogP contribution in [0.3, 0.4) is 0 Å². The number of benzene rings is 2. The summed E-state index contributed by atoms with van der Waals surface area (Å²) >= 11 is 0. The SMILES string of the molecule is CCC(C)CC(C)C(=O)OC(C)(C)C1CCC(C)CC1O.CCCCOC.c1ccc2ccccc2c1. The standard InChI is InChI=1S/C18H34O3.C10H8.C5H12O/c1-7-12(2)10-14(4)17(20)21-18(5,6)15-9-8-13(3)11-16(15)19;1-2-6-10-8-4-3-7-9(10)5-1;1-3-4-5-6-2/h12-16,19H,7-11H2,1-6H3;1-8H;3-5H2,1-2H3. The van der Waals surface area contributed by atoms with Crippen LogP contribution in [-0.4, -0.2) is 36.5 Å². The fourth-order valence-corrected chi connectivity index (χ4v) is 4.89. The first-order valence-corrected chi connectivity index (χ1v) is 14.4. The maximum Gasteiger partial charge on any atom is 0.309 e. The highest BCUT2D eigenvalue weighted by molar-refractivity contribution is 5.82. The summed E-state index contributed by atoms with van der Waals surface area (Å²) in [6.45, 7) is 15.4. The average molecular weight is 515 g/mol. The zero-order chi connectivity index (χ0) is 27.8. The first-order valence-electron chi connectivity index (χ1n) is 14.4. The maximum absolute atomic E-state index is 12.3. The van der Waals surface area contributed by atoms with Crippen LogP contribution in [0.5, 0.6) is 0 Å². The van der Waals surface area contributed by atoms with Crippen LogP contribution in [0.25, 0.3) is 10.8 Å². The predicted octanol–water partition coefficient (Wildman–Crippen LogP) is 8.45. The summed E-state index contributed by atoms with van der Waals surface area (Å²) in [5.41, 5.74) is -0.583. The fraction of sp³-hybridized carbons (Fsp3) is 0.667. The van der Waals surface area contributed by atoms with Crippen LogP contribution >= 0.6 is 0 Å². The van der Waals surface area contributed by atoms with Gasteiger partial charge in [0.25, 0.3) is 0 Å². The molecule has 1 N–H and O–H groups in total. The normalized spacial score (nSPS) is 21.1. The summed E-state index contributed by atoms with van der Waals surface area (Å²) in [4.78, 5) is 12.3. The number of fused-ring (bicyclic) bond motifs is 1. The van der Waals surface area contributed by atoms with Gasteiger partial charge in [-0.05, 0) is 62.1 Å². The lowest BCUT2D eigenvalue weighted by molar-refractivity contribution is -0.174. The van der Waals surface area contributed by atoms with Crippen molar-refractivity contribution >= 4 is 16.7 Å². The van der Waals surface area contributed by atoms with Crippen LogP contribution in [0.1, 0.15) is 93.4 Å². The fourth-order valence-electron chi connectivity index (χ4n) is 4.89. The van der Waals surface area contributed by atoms with Crippen LogP contribution in [0.2, 0.25) is 0 Å². The third-order valence-electron chi connectivity index (χ3n) is 7.55. The van der Waals surface area contributed by atoms with E-state index in [-0.39, 0.29) is 23.9 Å². The molecule has 210 valence electrons. The summed E-state index contributed by atoms with van der Waals surface area (Å²) < 4.78 is 10.6. The maximum atomic E-state index is 12.3. The molecule has 5 atom stereocenters. The van der Waals surface area contributed by atoms with E-state index in [1.807, 2.05) is 20.8 Å². The van der Waals surface area contributed by atoms with E-state index in [0.717, 1.165) is 38.7 Å². The molecule has 0 aromatic heterocycles. The summed E-state index contributed by atoms with van der Waals surface area (Å²) in [5.74, 6) is 0.960.